The second kappa shape index (κ2) is 6.26. The highest BCUT2D eigenvalue weighted by Gasteiger charge is 2.35. The van der Waals surface area contributed by atoms with Gasteiger partial charge in [0.15, 0.2) is 0 Å². The molecule has 0 heterocycles. The molecule has 0 saturated heterocycles. The van der Waals surface area contributed by atoms with Gasteiger partial charge in [0.1, 0.15) is 0 Å². The van der Waals surface area contributed by atoms with Gasteiger partial charge in [0.05, 0.1) is 11.6 Å². The van der Waals surface area contributed by atoms with Crippen LogP contribution in [0.25, 0.3) is 0 Å². The Hall–Kier alpha value is -1.56. The first-order valence-corrected chi connectivity index (χ1v) is 6.36. The highest BCUT2D eigenvalue weighted by molar-refractivity contribution is 5.81. The van der Waals surface area contributed by atoms with Crippen LogP contribution in [-0.4, -0.2) is 18.0 Å². The van der Waals surface area contributed by atoms with Crippen LogP contribution in [0.5, 0.6) is 0 Å². The summed E-state index contributed by atoms with van der Waals surface area (Å²) in [4.78, 5) is 11.5. The molecule has 0 bridgehead atoms. The maximum atomic E-state index is 13.0. The number of halogens is 3. The molecular formula is C14H19F3N2O. The average molecular weight is 288 g/mol. The number of hydrogen-bond donors (Lipinski definition) is 2. The van der Waals surface area contributed by atoms with Gasteiger partial charge in [0.2, 0.25) is 5.91 Å². The Bertz CT molecular complexity index is 472. The van der Waals surface area contributed by atoms with Gasteiger partial charge in [0.25, 0.3) is 0 Å². The Labute approximate surface area is 116 Å². The Morgan fingerprint density at radius 1 is 1.20 bits per heavy atom. The van der Waals surface area contributed by atoms with E-state index < -0.39 is 29.7 Å². The third-order valence-electron chi connectivity index (χ3n) is 3.29. The Balaban J connectivity index is 2.98. The number of nitrogens with one attached hydrogen (secondary N) is 1. The van der Waals surface area contributed by atoms with Crippen molar-refractivity contribution in [3.05, 3.63) is 35.4 Å². The van der Waals surface area contributed by atoms with Gasteiger partial charge in [-0.3, -0.25) is 4.79 Å². The fraction of sp³-hybridized carbons (Fsp3) is 0.500. The van der Waals surface area contributed by atoms with Crippen LogP contribution in [0, 0.1) is 0 Å². The second-order valence-corrected chi connectivity index (χ2v) is 4.96. The molecule has 3 unspecified atom stereocenters. The molecule has 6 heteroatoms. The summed E-state index contributed by atoms with van der Waals surface area (Å²) in [5.74, 6) is -0.857. The molecule has 3 N–H and O–H groups in total. The van der Waals surface area contributed by atoms with Gasteiger partial charge in [-0.1, -0.05) is 25.1 Å². The Morgan fingerprint density at radius 3 is 2.25 bits per heavy atom. The third kappa shape index (κ3) is 3.96. The number of hydrogen-bond acceptors (Lipinski definition) is 2. The molecule has 0 aliphatic rings. The lowest BCUT2D eigenvalue weighted by Gasteiger charge is -2.25. The largest absolute Gasteiger partial charge is 0.416 e. The molecule has 1 aromatic rings. The highest BCUT2D eigenvalue weighted by Crippen LogP contribution is 2.35. The molecule has 0 radical (unpaired) electrons. The van der Waals surface area contributed by atoms with Gasteiger partial charge in [-0.15, -0.1) is 0 Å². The summed E-state index contributed by atoms with van der Waals surface area (Å²) in [5.41, 5.74) is 4.92. The first kappa shape index (κ1) is 16.5. The van der Waals surface area contributed by atoms with Gasteiger partial charge in [-0.2, -0.15) is 13.2 Å². The molecule has 0 spiro atoms. The fourth-order valence-corrected chi connectivity index (χ4v) is 1.90. The smallest absolute Gasteiger partial charge is 0.352 e. The molecule has 112 valence electrons. The molecule has 1 aromatic carbocycles. The first-order chi connectivity index (χ1) is 9.14. The topological polar surface area (TPSA) is 55.1 Å². The predicted molar refractivity (Wildman–Crippen MR) is 71.1 cm³/mol. The van der Waals surface area contributed by atoms with Crippen molar-refractivity contribution < 1.29 is 18.0 Å². The number of amides is 1. The zero-order valence-corrected chi connectivity index (χ0v) is 11.7. The summed E-state index contributed by atoms with van der Waals surface area (Å²) in [6.45, 7) is 4.84. The number of alkyl halides is 3. The normalized spacial score (nSPS) is 16.4. The van der Waals surface area contributed by atoms with Crippen molar-refractivity contribution in [3.8, 4) is 0 Å². The average Bonchev–Trinajstić information content (AvgIpc) is 2.36. The lowest BCUT2D eigenvalue weighted by molar-refractivity contribution is -0.138. The summed E-state index contributed by atoms with van der Waals surface area (Å²) in [6.07, 6.45) is -4.41. The summed E-state index contributed by atoms with van der Waals surface area (Å²) in [6, 6.07) is 4.25. The van der Waals surface area contributed by atoms with Crippen molar-refractivity contribution in [1.82, 2.24) is 5.32 Å². The van der Waals surface area contributed by atoms with Gasteiger partial charge >= 0.3 is 6.18 Å². The number of carbonyl (C=O) groups is 1. The van der Waals surface area contributed by atoms with E-state index in [9.17, 15) is 18.0 Å². The molecule has 0 aliphatic carbocycles. The summed E-state index contributed by atoms with van der Waals surface area (Å²) >= 11 is 0. The lowest BCUT2D eigenvalue weighted by atomic mass is 9.90. The minimum Gasteiger partial charge on any atom is -0.352 e. The van der Waals surface area contributed by atoms with Crippen molar-refractivity contribution in [1.29, 1.82) is 0 Å². The van der Waals surface area contributed by atoms with Crippen LogP contribution in [-0.2, 0) is 11.0 Å². The third-order valence-corrected chi connectivity index (χ3v) is 3.29. The summed E-state index contributed by atoms with van der Waals surface area (Å²) in [7, 11) is 0. The maximum absolute atomic E-state index is 13.0. The molecule has 0 saturated carbocycles. The molecular weight excluding hydrogens is 269 g/mol. The molecule has 0 aliphatic heterocycles. The van der Waals surface area contributed by atoms with Crippen molar-refractivity contribution in [3.63, 3.8) is 0 Å². The zero-order valence-electron chi connectivity index (χ0n) is 11.7. The predicted octanol–water partition coefficient (Wildman–Crippen LogP) is 2.66. The van der Waals surface area contributed by atoms with Crippen LogP contribution in [0.4, 0.5) is 13.2 Å². The van der Waals surface area contributed by atoms with E-state index in [1.165, 1.54) is 19.1 Å². The maximum Gasteiger partial charge on any atom is 0.416 e. The van der Waals surface area contributed by atoms with E-state index >= 15 is 0 Å². The van der Waals surface area contributed by atoms with Crippen molar-refractivity contribution >= 4 is 5.91 Å². The molecule has 1 rings (SSSR count). The van der Waals surface area contributed by atoms with Crippen LogP contribution in [0.15, 0.2) is 24.3 Å². The molecule has 1 amide bonds. The standard InChI is InChI=1S/C14H19F3N2O/c1-8(10(3)19-13(20)9(2)18)11-6-4-5-7-12(11)14(15,16)17/h4-10H,18H2,1-3H3,(H,19,20). The van der Waals surface area contributed by atoms with E-state index in [1.807, 2.05) is 0 Å². The van der Waals surface area contributed by atoms with Crippen LogP contribution >= 0.6 is 0 Å². The quantitative estimate of drug-likeness (QED) is 0.895. The van der Waals surface area contributed by atoms with Crippen LogP contribution < -0.4 is 11.1 Å². The fourth-order valence-electron chi connectivity index (χ4n) is 1.90. The van der Waals surface area contributed by atoms with Gasteiger partial charge in [0, 0.05) is 12.0 Å². The number of rotatable bonds is 4. The van der Waals surface area contributed by atoms with Crippen LogP contribution in [0.1, 0.15) is 37.8 Å². The van der Waals surface area contributed by atoms with E-state index in [1.54, 1.807) is 19.9 Å². The second-order valence-electron chi connectivity index (χ2n) is 4.96. The molecule has 0 fully saturated rings. The van der Waals surface area contributed by atoms with Crippen LogP contribution in [0.3, 0.4) is 0 Å². The number of nitrogens with two attached hydrogens (primary N) is 1. The van der Waals surface area contributed by atoms with E-state index in [0.29, 0.717) is 0 Å². The number of benzene rings is 1. The van der Waals surface area contributed by atoms with Gasteiger partial charge < -0.3 is 11.1 Å². The molecule has 3 atom stereocenters. The molecule has 3 nitrogen and oxygen atoms in total. The van der Waals surface area contributed by atoms with E-state index in [0.717, 1.165) is 6.07 Å². The van der Waals surface area contributed by atoms with Crippen molar-refractivity contribution in [2.75, 3.05) is 0 Å². The lowest BCUT2D eigenvalue weighted by Crippen LogP contribution is -2.44. The SMILES string of the molecule is CC(N)C(=O)NC(C)C(C)c1ccccc1C(F)(F)F. The van der Waals surface area contributed by atoms with Gasteiger partial charge in [-0.25, -0.2) is 0 Å². The summed E-state index contributed by atoms with van der Waals surface area (Å²) < 4.78 is 38.9. The summed E-state index contributed by atoms with van der Waals surface area (Å²) in [5, 5.41) is 2.62. The van der Waals surface area contributed by atoms with Crippen molar-refractivity contribution in [2.24, 2.45) is 5.73 Å². The number of carbonyl (C=O) groups excluding carboxylic acids is 1. The monoisotopic (exact) mass is 288 g/mol. The van der Waals surface area contributed by atoms with Crippen LogP contribution in [0.2, 0.25) is 0 Å². The van der Waals surface area contributed by atoms with E-state index in [-0.39, 0.29) is 11.5 Å². The highest BCUT2D eigenvalue weighted by atomic mass is 19.4. The first-order valence-electron chi connectivity index (χ1n) is 6.36. The minimum absolute atomic E-state index is 0.164. The van der Waals surface area contributed by atoms with Crippen molar-refractivity contribution in [2.45, 2.75) is 44.9 Å². The van der Waals surface area contributed by atoms with E-state index in [4.69, 9.17) is 5.73 Å². The Kier molecular flexibility index (Phi) is 5.16. The zero-order chi connectivity index (χ0) is 15.5. The molecule has 20 heavy (non-hydrogen) atoms. The minimum atomic E-state index is -4.41. The van der Waals surface area contributed by atoms with E-state index in [2.05, 4.69) is 5.32 Å². The molecule has 0 aromatic heterocycles. The van der Waals surface area contributed by atoms with Gasteiger partial charge in [-0.05, 0) is 25.5 Å². The Morgan fingerprint density at radius 2 is 1.75 bits per heavy atom.